The molecule has 3 nitrogen and oxygen atoms in total. The van der Waals surface area contributed by atoms with Crippen LogP contribution in [0.1, 0.15) is 21.5 Å². The molecule has 0 saturated carbocycles. The third-order valence-corrected chi connectivity index (χ3v) is 3.74. The van der Waals surface area contributed by atoms with Gasteiger partial charge in [-0.2, -0.15) is 13.2 Å². The Kier molecular flexibility index (Phi) is 5.25. The van der Waals surface area contributed by atoms with E-state index in [-0.39, 0.29) is 17.7 Å². The van der Waals surface area contributed by atoms with Gasteiger partial charge in [0, 0.05) is 12.7 Å². The molecule has 0 spiro atoms. The van der Waals surface area contributed by atoms with Crippen molar-refractivity contribution in [3.05, 3.63) is 59.0 Å². The Bertz CT molecular complexity index is 719. The third kappa shape index (κ3) is 4.22. The van der Waals surface area contributed by atoms with Crippen molar-refractivity contribution in [1.29, 1.82) is 0 Å². The van der Waals surface area contributed by atoms with Gasteiger partial charge in [0.05, 0.1) is 11.1 Å². The number of hydrogen-bond acceptors (Lipinski definition) is 3. The first-order valence-corrected chi connectivity index (χ1v) is 7.68. The lowest BCUT2D eigenvalue weighted by Crippen LogP contribution is -2.25. The molecule has 0 saturated heterocycles. The molecule has 0 bridgehead atoms. The number of carbonyl (C=O) groups is 1. The molecule has 23 heavy (non-hydrogen) atoms. The highest BCUT2D eigenvalue weighted by molar-refractivity contribution is 7.98. The first kappa shape index (κ1) is 17.3. The monoisotopic (exact) mass is 344 g/mol. The zero-order valence-corrected chi connectivity index (χ0v) is 12.8. The van der Waals surface area contributed by atoms with Gasteiger partial charge in [-0.15, -0.1) is 11.8 Å². The van der Waals surface area contributed by atoms with E-state index >= 15 is 0 Å². The predicted molar refractivity (Wildman–Crippen MR) is 78.6 cm³/mol. The van der Waals surface area contributed by atoms with Crippen LogP contribution in [0.5, 0.6) is 0 Å². The topological polar surface area (TPSA) is 42.0 Å². The van der Waals surface area contributed by atoms with E-state index in [1.165, 1.54) is 24.0 Å². The standard InChI is InChI=1S/C15H12F4N2OS/c1-23-14-11(3-2-6-20-14)13(22)21-8-9-4-5-10(16)7-12(9)15(17,18)19/h2-7H,8H2,1H3,(H,21,22). The Balaban J connectivity index is 2.20. The minimum Gasteiger partial charge on any atom is -0.348 e. The van der Waals surface area contributed by atoms with E-state index in [9.17, 15) is 22.4 Å². The Morgan fingerprint density at radius 3 is 2.70 bits per heavy atom. The van der Waals surface area contributed by atoms with Crippen molar-refractivity contribution in [3.63, 3.8) is 0 Å². The second-order valence-electron chi connectivity index (χ2n) is 4.54. The molecule has 0 aliphatic rings. The van der Waals surface area contributed by atoms with Gasteiger partial charge in [0.1, 0.15) is 10.8 Å². The number of pyridine rings is 1. The smallest absolute Gasteiger partial charge is 0.348 e. The molecule has 2 aromatic rings. The summed E-state index contributed by atoms with van der Waals surface area (Å²) in [6.45, 7) is -0.364. The summed E-state index contributed by atoms with van der Waals surface area (Å²) in [7, 11) is 0. The Morgan fingerprint density at radius 2 is 2.04 bits per heavy atom. The Morgan fingerprint density at radius 1 is 1.30 bits per heavy atom. The van der Waals surface area contributed by atoms with Crippen LogP contribution in [0.15, 0.2) is 41.6 Å². The van der Waals surface area contributed by atoms with Crippen molar-refractivity contribution in [2.75, 3.05) is 6.26 Å². The number of benzene rings is 1. The van der Waals surface area contributed by atoms with Gasteiger partial charge < -0.3 is 5.32 Å². The number of alkyl halides is 3. The number of hydrogen-bond donors (Lipinski definition) is 1. The molecular formula is C15H12F4N2OS. The lowest BCUT2D eigenvalue weighted by molar-refractivity contribution is -0.138. The largest absolute Gasteiger partial charge is 0.416 e. The van der Waals surface area contributed by atoms with E-state index in [4.69, 9.17) is 0 Å². The van der Waals surface area contributed by atoms with Crippen LogP contribution in [0, 0.1) is 5.82 Å². The van der Waals surface area contributed by atoms with Crippen LogP contribution in [0.3, 0.4) is 0 Å². The molecule has 122 valence electrons. The van der Waals surface area contributed by atoms with Gasteiger partial charge >= 0.3 is 6.18 Å². The average Bonchev–Trinajstić information content (AvgIpc) is 2.52. The molecule has 0 radical (unpaired) electrons. The SMILES string of the molecule is CSc1ncccc1C(=O)NCc1ccc(F)cc1C(F)(F)F. The summed E-state index contributed by atoms with van der Waals surface area (Å²) in [5, 5.41) is 2.88. The molecule has 2 rings (SSSR count). The minimum atomic E-state index is -4.69. The molecule has 0 aliphatic heterocycles. The first-order chi connectivity index (χ1) is 10.8. The maximum Gasteiger partial charge on any atom is 0.416 e. The van der Waals surface area contributed by atoms with Crippen LogP contribution in [0.4, 0.5) is 17.6 Å². The van der Waals surface area contributed by atoms with E-state index in [1.54, 1.807) is 12.3 Å². The molecule has 1 aromatic carbocycles. The fourth-order valence-electron chi connectivity index (χ4n) is 1.96. The highest BCUT2D eigenvalue weighted by atomic mass is 32.2. The van der Waals surface area contributed by atoms with Gasteiger partial charge in [0.15, 0.2) is 0 Å². The molecular weight excluding hydrogens is 332 g/mol. The van der Waals surface area contributed by atoms with Crippen molar-refractivity contribution in [1.82, 2.24) is 10.3 Å². The van der Waals surface area contributed by atoms with E-state index in [2.05, 4.69) is 10.3 Å². The van der Waals surface area contributed by atoms with Crippen LogP contribution < -0.4 is 5.32 Å². The number of rotatable bonds is 4. The number of nitrogens with zero attached hydrogens (tertiary/aromatic N) is 1. The minimum absolute atomic E-state index is 0.207. The summed E-state index contributed by atoms with van der Waals surface area (Å²) in [6.07, 6.45) is -1.44. The van der Waals surface area contributed by atoms with Crippen molar-refractivity contribution in [3.8, 4) is 0 Å². The molecule has 8 heteroatoms. The highest BCUT2D eigenvalue weighted by Gasteiger charge is 2.33. The summed E-state index contributed by atoms with van der Waals surface area (Å²) in [6, 6.07) is 5.45. The summed E-state index contributed by atoms with van der Waals surface area (Å²) in [5.74, 6) is -1.52. The molecule has 0 fully saturated rings. The average molecular weight is 344 g/mol. The number of carbonyl (C=O) groups excluding carboxylic acids is 1. The fraction of sp³-hybridized carbons (Fsp3) is 0.200. The van der Waals surface area contributed by atoms with Crippen LogP contribution in [-0.2, 0) is 12.7 Å². The van der Waals surface area contributed by atoms with Crippen LogP contribution in [0.2, 0.25) is 0 Å². The van der Waals surface area contributed by atoms with Gasteiger partial charge in [-0.05, 0) is 36.1 Å². The van der Waals surface area contributed by atoms with Crippen molar-refractivity contribution in [2.24, 2.45) is 0 Å². The van der Waals surface area contributed by atoms with E-state index in [0.717, 1.165) is 12.1 Å². The summed E-state index contributed by atoms with van der Waals surface area (Å²) < 4.78 is 51.7. The second-order valence-corrected chi connectivity index (χ2v) is 5.34. The third-order valence-electron chi connectivity index (χ3n) is 3.03. The maximum absolute atomic E-state index is 13.0. The predicted octanol–water partition coefficient (Wildman–Crippen LogP) is 3.89. The number of nitrogens with one attached hydrogen (secondary N) is 1. The lowest BCUT2D eigenvalue weighted by atomic mass is 10.1. The second kappa shape index (κ2) is 6.99. The fourth-order valence-corrected chi connectivity index (χ4v) is 2.51. The molecule has 0 aliphatic carbocycles. The van der Waals surface area contributed by atoms with Crippen LogP contribution in [0.25, 0.3) is 0 Å². The van der Waals surface area contributed by atoms with Crippen LogP contribution >= 0.6 is 11.8 Å². The summed E-state index contributed by atoms with van der Waals surface area (Å²) in [5.41, 5.74) is -1.04. The van der Waals surface area contributed by atoms with Crippen molar-refractivity contribution < 1.29 is 22.4 Å². The van der Waals surface area contributed by atoms with E-state index in [1.807, 2.05) is 0 Å². The number of amides is 1. The summed E-state index contributed by atoms with van der Waals surface area (Å²) in [4.78, 5) is 16.1. The number of halogens is 4. The molecule has 1 amide bonds. The van der Waals surface area contributed by atoms with Gasteiger partial charge in [-0.25, -0.2) is 9.37 Å². The van der Waals surface area contributed by atoms with Gasteiger partial charge in [-0.1, -0.05) is 6.07 Å². The zero-order valence-electron chi connectivity index (χ0n) is 11.9. The van der Waals surface area contributed by atoms with Crippen molar-refractivity contribution in [2.45, 2.75) is 17.7 Å². The van der Waals surface area contributed by atoms with Crippen molar-refractivity contribution >= 4 is 17.7 Å². The number of thioether (sulfide) groups is 1. The summed E-state index contributed by atoms with van der Waals surface area (Å²) >= 11 is 1.25. The Labute approximate surface area is 134 Å². The molecule has 0 unspecified atom stereocenters. The molecule has 1 aromatic heterocycles. The van der Waals surface area contributed by atoms with E-state index in [0.29, 0.717) is 11.1 Å². The van der Waals surface area contributed by atoms with E-state index < -0.39 is 23.5 Å². The highest BCUT2D eigenvalue weighted by Crippen LogP contribution is 2.32. The number of aromatic nitrogens is 1. The van der Waals surface area contributed by atoms with Crippen LogP contribution in [-0.4, -0.2) is 17.1 Å². The normalized spacial score (nSPS) is 11.3. The van der Waals surface area contributed by atoms with Gasteiger partial charge in [-0.3, -0.25) is 4.79 Å². The lowest BCUT2D eigenvalue weighted by Gasteiger charge is -2.14. The van der Waals surface area contributed by atoms with Gasteiger partial charge in [0.2, 0.25) is 0 Å². The first-order valence-electron chi connectivity index (χ1n) is 6.45. The molecule has 1 N–H and O–H groups in total. The maximum atomic E-state index is 13.0. The molecule has 1 heterocycles. The van der Waals surface area contributed by atoms with Gasteiger partial charge in [0.25, 0.3) is 5.91 Å². The quantitative estimate of drug-likeness (QED) is 0.676. The Hall–Kier alpha value is -2.09. The zero-order chi connectivity index (χ0) is 17.0. The molecule has 0 atom stereocenters.